The monoisotopic (exact) mass is 301 g/mol. The molecule has 1 heterocycles. The number of para-hydroxylation sites is 1. The van der Waals surface area contributed by atoms with Gasteiger partial charge in [0.1, 0.15) is 5.58 Å². The first-order valence-electron chi connectivity index (χ1n) is 7.87. The lowest BCUT2D eigenvalue weighted by Gasteiger charge is -2.29. The van der Waals surface area contributed by atoms with Crippen LogP contribution >= 0.6 is 0 Å². The standard InChI is InChI=1S/C18H23NO3/c1-11-6-4-7-13-12(2)16(22-15(11)13)17(21)19-14-8-5-9-18(14,3)10-20/h4,6-7,14,20H,5,8-10H2,1-3H3,(H,19,21). The number of carbonyl (C=O) groups excluding carboxylic acids is 1. The van der Waals surface area contributed by atoms with Crippen molar-refractivity contribution >= 4 is 16.9 Å². The molecular formula is C18H23NO3. The summed E-state index contributed by atoms with van der Waals surface area (Å²) < 4.78 is 5.83. The first-order valence-corrected chi connectivity index (χ1v) is 7.87. The maximum atomic E-state index is 12.6. The van der Waals surface area contributed by atoms with Crippen molar-refractivity contribution in [3.8, 4) is 0 Å². The fourth-order valence-electron chi connectivity index (χ4n) is 3.49. The fraction of sp³-hybridized carbons (Fsp3) is 0.500. The van der Waals surface area contributed by atoms with Crippen molar-refractivity contribution in [2.75, 3.05) is 6.61 Å². The number of benzene rings is 1. The summed E-state index contributed by atoms with van der Waals surface area (Å²) in [7, 11) is 0. The summed E-state index contributed by atoms with van der Waals surface area (Å²) in [5, 5.41) is 13.7. The van der Waals surface area contributed by atoms with Crippen LogP contribution in [0.2, 0.25) is 0 Å². The van der Waals surface area contributed by atoms with E-state index in [4.69, 9.17) is 4.42 Å². The van der Waals surface area contributed by atoms with Crippen molar-refractivity contribution in [1.82, 2.24) is 5.32 Å². The van der Waals surface area contributed by atoms with Gasteiger partial charge in [0.15, 0.2) is 5.76 Å². The second-order valence-electron chi connectivity index (χ2n) is 6.74. The van der Waals surface area contributed by atoms with Gasteiger partial charge in [-0.05, 0) is 32.3 Å². The third-order valence-corrected chi connectivity index (χ3v) is 5.12. The van der Waals surface area contributed by atoms with E-state index < -0.39 is 0 Å². The van der Waals surface area contributed by atoms with Gasteiger partial charge in [-0.3, -0.25) is 4.79 Å². The number of aliphatic hydroxyl groups excluding tert-OH is 1. The highest BCUT2D eigenvalue weighted by atomic mass is 16.3. The molecule has 4 heteroatoms. The van der Waals surface area contributed by atoms with E-state index in [9.17, 15) is 9.90 Å². The van der Waals surface area contributed by atoms with Crippen molar-refractivity contribution < 1.29 is 14.3 Å². The number of nitrogens with one attached hydrogen (secondary N) is 1. The van der Waals surface area contributed by atoms with E-state index in [0.717, 1.165) is 41.4 Å². The Morgan fingerprint density at radius 2 is 2.23 bits per heavy atom. The number of rotatable bonds is 3. The molecule has 3 rings (SSSR count). The molecular weight excluding hydrogens is 278 g/mol. The van der Waals surface area contributed by atoms with Gasteiger partial charge in [-0.25, -0.2) is 0 Å². The average molecular weight is 301 g/mol. The molecule has 1 aromatic heterocycles. The number of amides is 1. The summed E-state index contributed by atoms with van der Waals surface area (Å²) in [5.74, 6) is 0.205. The van der Waals surface area contributed by atoms with Crippen molar-refractivity contribution in [3.05, 3.63) is 35.1 Å². The van der Waals surface area contributed by atoms with Crippen LogP contribution in [0.25, 0.3) is 11.0 Å². The van der Waals surface area contributed by atoms with Crippen LogP contribution in [0.15, 0.2) is 22.6 Å². The molecule has 2 unspecified atom stereocenters. The molecule has 2 N–H and O–H groups in total. The van der Waals surface area contributed by atoms with Gasteiger partial charge in [-0.2, -0.15) is 0 Å². The molecule has 4 nitrogen and oxygen atoms in total. The minimum Gasteiger partial charge on any atom is -0.450 e. The van der Waals surface area contributed by atoms with Gasteiger partial charge < -0.3 is 14.8 Å². The maximum Gasteiger partial charge on any atom is 0.287 e. The minimum absolute atomic E-state index is 0.00120. The van der Waals surface area contributed by atoms with E-state index in [1.807, 2.05) is 39.0 Å². The Labute approximate surface area is 130 Å². The van der Waals surface area contributed by atoms with Gasteiger partial charge in [0.2, 0.25) is 0 Å². The highest BCUT2D eigenvalue weighted by Crippen LogP contribution is 2.38. The highest BCUT2D eigenvalue weighted by Gasteiger charge is 2.39. The van der Waals surface area contributed by atoms with Crippen molar-refractivity contribution in [2.24, 2.45) is 5.41 Å². The number of carbonyl (C=O) groups is 1. The molecule has 118 valence electrons. The third kappa shape index (κ3) is 2.31. The van der Waals surface area contributed by atoms with Crippen LogP contribution in [0, 0.1) is 19.3 Å². The van der Waals surface area contributed by atoms with Crippen LogP contribution in [-0.2, 0) is 0 Å². The molecule has 22 heavy (non-hydrogen) atoms. The number of furan rings is 1. The predicted molar refractivity (Wildman–Crippen MR) is 86.0 cm³/mol. The third-order valence-electron chi connectivity index (χ3n) is 5.12. The molecule has 0 bridgehead atoms. The Balaban J connectivity index is 1.90. The fourth-order valence-corrected chi connectivity index (χ4v) is 3.49. The normalized spacial score (nSPS) is 24.8. The molecule has 1 aromatic carbocycles. The lowest BCUT2D eigenvalue weighted by atomic mass is 9.86. The topological polar surface area (TPSA) is 62.5 Å². The molecule has 2 atom stereocenters. The molecule has 1 aliphatic rings. The largest absolute Gasteiger partial charge is 0.450 e. The zero-order valence-electron chi connectivity index (χ0n) is 13.4. The number of aryl methyl sites for hydroxylation is 2. The summed E-state index contributed by atoms with van der Waals surface area (Å²) in [6.07, 6.45) is 2.87. The van der Waals surface area contributed by atoms with Gasteiger partial charge in [0, 0.05) is 22.4 Å². The van der Waals surface area contributed by atoms with Gasteiger partial charge in [0.25, 0.3) is 5.91 Å². The van der Waals surface area contributed by atoms with Crippen molar-refractivity contribution in [1.29, 1.82) is 0 Å². The summed E-state index contributed by atoms with van der Waals surface area (Å²) in [4.78, 5) is 12.6. The van der Waals surface area contributed by atoms with Crippen LogP contribution < -0.4 is 5.32 Å². The molecule has 0 spiro atoms. The summed E-state index contributed by atoms with van der Waals surface area (Å²) in [6, 6.07) is 5.93. The first-order chi connectivity index (χ1) is 10.5. The SMILES string of the molecule is Cc1c(C(=O)NC2CCCC2(C)CO)oc2c(C)cccc12. The summed E-state index contributed by atoms with van der Waals surface area (Å²) >= 11 is 0. The lowest BCUT2D eigenvalue weighted by Crippen LogP contribution is -2.44. The molecule has 0 saturated heterocycles. The van der Waals surface area contributed by atoms with E-state index in [-0.39, 0.29) is 24.0 Å². The highest BCUT2D eigenvalue weighted by molar-refractivity contribution is 5.99. The minimum atomic E-state index is -0.231. The molecule has 0 radical (unpaired) electrons. The molecule has 1 amide bonds. The molecule has 1 fully saturated rings. The summed E-state index contributed by atoms with van der Waals surface area (Å²) in [5.41, 5.74) is 2.45. The van der Waals surface area contributed by atoms with E-state index >= 15 is 0 Å². The number of hydrogen-bond acceptors (Lipinski definition) is 3. The second-order valence-corrected chi connectivity index (χ2v) is 6.74. The molecule has 1 aliphatic carbocycles. The van der Waals surface area contributed by atoms with E-state index in [0.29, 0.717) is 5.76 Å². The molecule has 1 saturated carbocycles. The van der Waals surface area contributed by atoms with Crippen LogP contribution in [0.5, 0.6) is 0 Å². The van der Waals surface area contributed by atoms with E-state index in [1.54, 1.807) is 0 Å². The number of fused-ring (bicyclic) bond motifs is 1. The number of aliphatic hydroxyl groups is 1. The quantitative estimate of drug-likeness (QED) is 0.914. The van der Waals surface area contributed by atoms with Crippen molar-refractivity contribution in [3.63, 3.8) is 0 Å². The number of hydrogen-bond donors (Lipinski definition) is 2. The Hall–Kier alpha value is -1.81. The Bertz CT molecular complexity index is 718. The first kappa shape index (κ1) is 15.1. The smallest absolute Gasteiger partial charge is 0.287 e. The van der Waals surface area contributed by atoms with E-state index in [2.05, 4.69) is 5.32 Å². The Kier molecular flexibility index (Phi) is 3.73. The predicted octanol–water partition coefficient (Wildman–Crippen LogP) is 3.33. The maximum absolute atomic E-state index is 12.6. The van der Waals surface area contributed by atoms with Crippen molar-refractivity contribution in [2.45, 2.75) is 46.1 Å². The second kappa shape index (κ2) is 5.43. The lowest BCUT2D eigenvalue weighted by molar-refractivity contribution is 0.0807. The van der Waals surface area contributed by atoms with Crippen LogP contribution in [0.3, 0.4) is 0 Å². The Morgan fingerprint density at radius 3 is 2.91 bits per heavy atom. The van der Waals surface area contributed by atoms with Gasteiger partial charge in [-0.1, -0.05) is 31.5 Å². The molecule has 2 aromatic rings. The van der Waals surface area contributed by atoms with Gasteiger partial charge >= 0.3 is 0 Å². The van der Waals surface area contributed by atoms with Gasteiger partial charge in [0.05, 0.1) is 6.61 Å². The van der Waals surface area contributed by atoms with Gasteiger partial charge in [-0.15, -0.1) is 0 Å². The zero-order valence-corrected chi connectivity index (χ0v) is 13.4. The summed E-state index contributed by atoms with van der Waals surface area (Å²) in [6.45, 7) is 6.02. The Morgan fingerprint density at radius 1 is 1.45 bits per heavy atom. The average Bonchev–Trinajstić information content (AvgIpc) is 3.03. The van der Waals surface area contributed by atoms with Crippen LogP contribution in [-0.4, -0.2) is 23.7 Å². The molecule has 0 aliphatic heterocycles. The van der Waals surface area contributed by atoms with Crippen LogP contribution in [0.4, 0.5) is 0 Å². The van der Waals surface area contributed by atoms with E-state index in [1.165, 1.54) is 0 Å². The zero-order chi connectivity index (χ0) is 15.9. The van der Waals surface area contributed by atoms with Crippen LogP contribution in [0.1, 0.15) is 47.9 Å².